The molecule has 0 bridgehead atoms. The van der Waals surface area contributed by atoms with Gasteiger partial charge in [-0.2, -0.15) is 5.26 Å². The van der Waals surface area contributed by atoms with Crippen molar-refractivity contribution in [3.63, 3.8) is 0 Å². The van der Waals surface area contributed by atoms with Gasteiger partial charge >= 0.3 is 5.97 Å². The van der Waals surface area contributed by atoms with E-state index in [1.54, 1.807) is 36.4 Å². The van der Waals surface area contributed by atoms with E-state index in [4.69, 9.17) is 5.26 Å². The number of rotatable bonds is 6. The van der Waals surface area contributed by atoms with Crippen LogP contribution in [-0.2, 0) is 16.0 Å². The number of carboxylic acids is 1. The zero-order chi connectivity index (χ0) is 19.1. The average Bonchev–Trinajstić information content (AvgIpc) is 2.61. The number of nitrogens with one attached hydrogen (secondary N) is 2. The van der Waals surface area contributed by atoms with Crippen LogP contribution in [0.15, 0.2) is 48.5 Å². The summed E-state index contributed by atoms with van der Waals surface area (Å²) in [6.45, 7) is 1.35. The molecule has 2 aromatic carbocycles. The number of anilines is 1. The Hall–Kier alpha value is -3.66. The lowest BCUT2D eigenvalue weighted by Gasteiger charge is -2.16. The summed E-state index contributed by atoms with van der Waals surface area (Å²) in [5.74, 6) is -2.07. The summed E-state index contributed by atoms with van der Waals surface area (Å²) >= 11 is 0. The van der Waals surface area contributed by atoms with Crippen molar-refractivity contribution in [2.24, 2.45) is 0 Å². The molecule has 7 nitrogen and oxygen atoms in total. The highest BCUT2D eigenvalue weighted by atomic mass is 16.4. The first-order chi connectivity index (χ1) is 12.4. The Kier molecular flexibility index (Phi) is 6.06. The number of amides is 2. The number of benzene rings is 2. The van der Waals surface area contributed by atoms with Crippen molar-refractivity contribution in [2.45, 2.75) is 19.4 Å². The van der Waals surface area contributed by atoms with Crippen LogP contribution in [0, 0.1) is 11.3 Å². The molecule has 0 unspecified atom stereocenters. The van der Waals surface area contributed by atoms with E-state index in [2.05, 4.69) is 10.6 Å². The minimum Gasteiger partial charge on any atom is -0.480 e. The molecule has 1 atom stereocenters. The van der Waals surface area contributed by atoms with Crippen LogP contribution in [0.4, 0.5) is 5.69 Å². The van der Waals surface area contributed by atoms with Crippen molar-refractivity contribution in [1.29, 1.82) is 5.26 Å². The Morgan fingerprint density at radius 1 is 1.15 bits per heavy atom. The lowest BCUT2D eigenvalue weighted by atomic mass is 10.0. The summed E-state index contributed by atoms with van der Waals surface area (Å²) in [4.78, 5) is 35.0. The molecule has 0 aliphatic heterocycles. The molecule has 132 valence electrons. The second-order valence-corrected chi connectivity index (χ2v) is 5.60. The summed E-state index contributed by atoms with van der Waals surface area (Å²) < 4.78 is 0. The van der Waals surface area contributed by atoms with Gasteiger partial charge in [-0.15, -0.1) is 0 Å². The second-order valence-electron chi connectivity index (χ2n) is 5.60. The summed E-state index contributed by atoms with van der Waals surface area (Å²) in [7, 11) is 0. The molecule has 2 rings (SSSR count). The quantitative estimate of drug-likeness (QED) is 0.735. The highest BCUT2D eigenvalue weighted by Gasteiger charge is 2.22. The maximum absolute atomic E-state index is 12.4. The van der Waals surface area contributed by atoms with Crippen LogP contribution in [0.3, 0.4) is 0 Å². The zero-order valence-electron chi connectivity index (χ0n) is 14.0. The highest BCUT2D eigenvalue weighted by Crippen LogP contribution is 2.13. The van der Waals surface area contributed by atoms with Gasteiger partial charge in [0, 0.05) is 24.6 Å². The number of carbonyl (C=O) groups excluding carboxylic acids is 2. The largest absolute Gasteiger partial charge is 0.480 e. The van der Waals surface area contributed by atoms with E-state index in [0.717, 1.165) is 0 Å². The lowest BCUT2D eigenvalue weighted by Crippen LogP contribution is -2.42. The maximum Gasteiger partial charge on any atom is 0.326 e. The third kappa shape index (κ3) is 4.92. The van der Waals surface area contributed by atoms with Gasteiger partial charge in [0.25, 0.3) is 5.91 Å². The van der Waals surface area contributed by atoms with Gasteiger partial charge in [-0.1, -0.05) is 24.3 Å². The molecule has 3 N–H and O–H groups in total. The van der Waals surface area contributed by atoms with Crippen molar-refractivity contribution < 1.29 is 19.5 Å². The van der Waals surface area contributed by atoms with Gasteiger partial charge in [0.1, 0.15) is 6.04 Å². The van der Waals surface area contributed by atoms with Gasteiger partial charge in [0.05, 0.1) is 11.6 Å². The van der Waals surface area contributed by atoms with Crippen LogP contribution in [0.5, 0.6) is 0 Å². The number of nitrogens with zero attached hydrogens (tertiary/aromatic N) is 1. The van der Waals surface area contributed by atoms with Gasteiger partial charge in [-0.25, -0.2) is 4.79 Å². The number of hydrogen-bond acceptors (Lipinski definition) is 4. The topological polar surface area (TPSA) is 119 Å². The fraction of sp³-hybridized carbons (Fsp3) is 0.158. The molecule has 0 aliphatic carbocycles. The molecule has 2 amide bonds. The van der Waals surface area contributed by atoms with Crippen LogP contribution in [0.1, 0.15) is 28.4 Å². The molecule has 0 aliphatic rings. The van der Waals surface area contributed by atoms with Gasteiger partial charge in [0.15, 0.2) is 0 Å². The predicted octanol–water partition coefficient (Wildman–Crippen LogP) is 1.94. The summed E-state index contributed by atoms with van der Waals surface area (Å²) in [6, 6.07) is 13.6. The molecule has 0 spiro atoms. The summed E-state index contributed by atoms with van der Waals surface area (Å²) in [6.07, 6.45) is -0.0177. The highest BCUT2D eigenvalue weighted by molar-refractivity contribution is 5.98. The Bertz CT molecular complexity index is 886. The molecule has 7 heteroatoms. The fourth-order valence-electron chi connectivity index (χ4n) is 2.41. The average molecular weight is 351 g/mol. The van der Waals surface area contributed by atoms with Gasteiger partial charge in [-0.05, 0) is 29.8 Å². The minimum absolute atomic E-state index is 0.0177. The Balaban J connectivity index is 2.17. The summed E-state index contributed by atoms with van der Waals surface area (Å²) in [5.41, 5.74) is 1.55. The van der Waals surface area contributed by atoms with Gasteiger partial charge in [-0.3, -0.25) is 9.59 Å². The molecule has 0 radical (unpaired) electrons. The van der Waals surface area contributed by atoms with Crippen LogP contribution in [-0.4, -0.2) is 28.9 Å². The standard InChI is InChI=1S/C19H17N3O4/c1-12(23)21-16-8-4-7-14(9-16)18(24)22-17(19(25)26)10-13-5-2-3-6-15(13)11-20/h2-9,17H,10H2,1H3,(H,21,23)(H,22,24)(H,25,26)/t17-/m1/s1. The first-order valence-electron chi connectivity index (χ1n) is 7.80. The zero-order valence-corrected chi connectivity index (χ0v) is 14.0. The van der Waals surface area contributed by atoms with Crippen LogP contribution in [0.2, 0.25) is 0 Å². The number of carbonyl (C=O) groups is 3. The van der Waals surface area contributed by atoms with Gasteiger partial charge in [0.2, 0.25) is 5.91 Å². The number of aliphatic carboxylic acids is 1. The molecular formula is C19H17N3O4. The molecule has 0 saturated heterocycles. The van der Waals surface area contributed by atoms with Crippen molar-refractivity contribution in [3.8, 4) is 6.07 Å². The third-order valence-corrected chi connectivity index (χ3v) is 3.61. The number of carboxylic acid groups (broad SMARTS) is 1. The van der Waals surface area contributed by atoms with E-state index in [1.165, 1.54) is 19.1 Å². The number of nitriles is 1. The smallest absolute Gasteiger partial charge is 0.326 e. The van der Waals surface area contributed by atoms with E-state index in [1.807, 2.05) is 6.07 Å². The van der Waals surface area contributed by atoms with E-state index in [9.17, 15) is 19.5 Å². The molecule has 0 saturated carbocycles. The van der Waals surface area contributed by atoms with Crippen LogP contribution < -0.4 is 10.6 Å². The third-order valence-electron chi connectivity index (χ3n) is 3.61. The van der Waals surface area contributed by atoms with E-state index < -0.39 is 17.9 Å². The molecule has 2 aromatic rings. The van der Waals surface area contributed by atoms with E-state index in [-0.39, 0.29) is 17.9 Å². The Morgan fingerprint density at radius 2 is 1.88 bits per heavy atom. The molecule has 26 heavy (non-hydrogen) atoms. The predicted molar refractivity (Wildman–Crippen MR) is 94.5 cm³/mol. The van der Waals surface area contributed by atoms with Crippen molar-refractivity contribution in [3.05, 3.63) is 65.2 Å². The molecule has 0 aromatic heterocycles. The van der Waals surface area contributed by atoms with Crippen LogP contribution >= 0.6 is 0 Å². The van der Waals surface area contributed by atoms with Crippen molar-refractivity contribution in [1.82, 2.24) is 5.32 Å². The monoisotopic (exact) mass is 351 g/mol. The SMILES string of the molecule is CC(=O)Nc1cccc(C(=O)N[C@H](Cc2ccccc2C#N)C(=O)O)c1. The molecule has 0 heterocycles. The second kappa shape index (κ2) is 8.44. The summed E-state index contributed by atoms with van der Waals surface area (Å²) in [5, 5.41) is 23.5. The van der Waals surface area contributed by atoms with E-state index in [0.29, 0.717) is 16.8 Å². The number of hydrogen-bond donors (Lipinski definition) is 3. The fourth-order valence-corrected chi connectivity index (χ4v) is 2.41. The van der Waals surface area contributed by atoms with Gasteiger partial charge < -0.3 is 15.7 Å². The first kappa shape index (κ1) is 18.7. The molecule has 0 fully saturated rings. The minimum atomic E-state index is -1.20. The van der Waals surface area contributed by atoms with E-state index >= 15 is 0 Å². The lowest BCUT2D eigenvalue weighted by molar-refractivity contribution is -0.139. The first-order valence-corrected chi connectivity index (χ1v) is 7.80. The van der Waals surface area contributed by atoms with Crippen molar-refractivity contribution >= 4 is 23.5 Å². The Morgan fingerprint density at radius 3 is 2.54 bits per heavy atom. The maximum atomic E-state index is 12.4. The van der Waals surface area contributed by atoms with Crippen LogP contribution in [0.25, 0.3) is 0 Å². The Labute approximate surface area is 150 Å². The van der Waals surface area contributed by atoms with Crippen molar-refractivity contribution in [2.75, 3.05) is 5.32 Å². The molecular weight excluding hydrogens is 334 g/mol. The normalized spacial score (nSPS) is 11.1.